The standard InChI is InChI=1S/C16H18N2O3/c1-11-4-5-12(2)18(11)10-15(19)17-14-8-6-13(7-9-14)16(20)21-3/h4-9H,10H2,1-3H3,(H,17,19). The average Bonchev–Trinajstić information content (AvgIpc) is 2.79. The van der Waals surface area contributed by atoms with Gasteiger partial charge < -0.3 is 14.6 Å². The number of hydrogen-bond acceptors (Lipinski definition) is 3. The molecule has 1 aromatic heterocycles. The van der Waals surface area contributed by atoms with E-state index in [0.29, 0.717) is 11.3 Å². The van der Waals surface area contributed by atoms with Crippen molar-refractivity contribution in [2.75, 3.05) is 12.4 Å². The van der Waals surface area contributed by atoms with Crippen LogP contribution >= 0.6 is 0 Å². The van der Waals surface area contributed by atoms with E-state index in [9.17, 15) is 9.59 Å². The number of hydrogen-bond donors (Lipinski definition) is 1. The van der Waals surface area contributed by atoms with Gasteiger partial charge in [-0.1, -0.05) is 0 Å². The van der Waals surface area contributed by atoms with Gasteiger partial charge in [0.15, 0.2) is 0 Å². The minimum Gasteiger partial charge on any atom is -0.465 e. The first-order chi connectivity index (χ1) is 10.0. The normalized spacial score (nSPS) is 10.2. The van der Waals surface area contributed by atoms with Crippen molar-refractivity contribution < 1.29 is 14.3 Å². The summed E-state index contributed by atoms with van der Waals surface area (Å²) in [5.41, 5.74) is 3.19. The second-order valence-electron chi connectivity index (χ2n) is 4.82. The number of aromatic nitrogens is 1. The Morgan fingerprint density at radius 3 is 2.14 bits per heavy atom. The zero-order valence-corrected chi connectivity index (χ0v) is 12.3. The molecule has 0 spiro atoms. The summed E-state index contributed by atoms with van der Waals surface area (Å²) in [6.45, 7) is 4.19. The van der Waals surface area contributed by atoms with Crippen molar-refractivity contribution in [2.45, 2.75) is 20.4 Å². The van der Waals surface area contributed by atoms with Gasteiger partial charge in [0, 0.05) is 17.1 Å². The topological polar surface area (TPSA) is 60.3 Å². The van der Waals surface area contributed by atoms with Gasteiger partial charge in [-0.15, -0.1) is 0 Å². The van der Waals surface area contributed by atoms with Crippen LogP contribution in [0.4, 0.5) is 5.69 Å². The number of methoxy groups -OCH3 is 1. The molecule has 0 aliphatic heterocycles. The summed E-state index contributed by atoms with van der Waals surface area (Å²) < 4.78 is 6.57. The second kappa shape index (κ2) is 6.26. The largest absolute Gasteiger partial charge is 0.465 e. The van der Waals surface area contributed by atoms with E-state index >= 15 is 0 Å². The lowest BCUT2D eigenvalue weighted by Gasteiger charge is -2.10. The van der Waals surface area contributed by atoms with Crippen LogP contribution in [0.1, 0.15) is 21.7 Å². The number of amides is 1. The second-order valence-corrected chi connectivity index (χ2v) is 4.82. The maximum absolute atomic E-state index is 12.0. The van der Waals surface area contributed by atoms with Gasteiger partial charge in [-0.2, -0.15) is 0 Å². The Bertz CT molecular complexity index is 637. The maximum Gasteiger partial charge on any atom is 0.337 e. The minimum absolute atomic E-state index is 0.108. The molecule has 1 aromatic carbocycles. The third-order valence-corrected chi connectivity index (χ3v) is 3.31. The Morgan fingerprint density at radius 1 is 1.05 bits per heavy atom. The van der Waals surface area contributed by atoms with E-state index in [1.807, 2.05) is 30.5 Å². The lowest BCUT2D eigenvalue weighted by Crippen LogP contribution is -2.20. The van der Waals surface area contributed by atoms with Crippen LogP contribution in [0.2, 0.25) is 0 Å². The number of esters is 1. The van der Waals surface area contributed by atoms with Crippen molar-refractivity contribution in [3.63, 3.8) is 0 Å². The Labute approximate surface area is 123 Å². The van der Waals surface area contributed by atoms with Crippen molar-refractivity contribution in [2.24, 2.45) is 0 Å². The Kier molecular flexibility index (Phi) is 4.42. The molecular formula is C16H18N2O3. The first kappa shape index (κ1) is 14.8. The van der Waals surface area contributed by atoms with Crippen molar-refractivity contribution in [1.82, 2.24) is 4.57 Å². The van der Waals surface area contributed by atoms with Gasteiger partial charge in [-0.3, -0.25) is 4.79 Å². The van der Waals surface area contributed by atoms with Crippen molar-refractivity contribution >= 4 is 17.6 Å². The number of benzene rings is 1. The average molecular weight is 286 g/mol. The molecule has 1 heterocycles. The molecule has 0 atom stereocenters. The van der Waals surface area contributed by atoms with Crippen LogP contribution in [0.25, 0.3) is 0 Å². The van der Waals surface area contributed by atoms with Crippen LogP contribution in [0.15, 0.2) is 36.4 Å². The van der Waals surface area contributed by atoms with Gasteiger partial charge in [0.1, 0.15) is 6.54 Å². The number of rotatable bonds is 4. The summed E-state index contributed by atoms with van der Waals surface area (Å²) in [6.07, 6.45) is 0. The molecule has 0 bridgehead atoms. The molecule has 0 aliphatic carbocycles. The van der Waals surface area contributed by atoms with E-state index in [0.717, 1.165) is 11.4 Å². The highest BCUT2D eigenvalue weighted by molar-refractivity contribution is 5.93. The summed E-state index contributed by atoms with van der Waals surface area (Å²) >= 11 is 0. The molecule has 0 saturated carbocycles. The summed E-state index contributed by atoms with van der Waals surface area (Å²) in [4.78, 5) is 23.4. The predicted octanol–water partition coefficient (Wildman–Crippen LogP) is 2.53. The van der Waals surface area contributed by atoms with Gasteiger partial charge in [0.25, 0.3) is 0 Å². The van der Waals surface area contributed by atoms with E-state index < -0.39 is 5.97 Å². The fraction of sp³-hybridized carbons (Fsp3) is 0.250. The summed E-state index contributed by atoms with van der Waals surface area (Å²) in [7, 11) is 1.33. The first-order valence-corrected chi connectivity index (χ1v) is 6.62. The summed E-state index contributed by atoms with van der Waals surface area (Å²) in [6, 6.07) is 10.6. The minimum atomic E-state index is -0.397. The molecule has 1 N–H and O–H groups in total. The quantitative estimate of drug-likeness (QED) is 0.879. The highest BCUT2D eigenvalue weighted by Gasteiger charge is 2.09. The molecule has 5 nitrogen and oxygen atoms in total. The third-order valence-electron chi connectivity index (χ3n) is 3.31. The summed E-state index contributed by atoms with van der Waals surface area (Å²) in [5.74, 6) is -0.505. The lowest BCUT2D eigenvalue weighted by molar-refractivity contribution is -0.116. The van der Waals surface area contributed by atoms with E-state index in [1.54, 1.807) is 24.3 Å². The third kappa shape index (κ3) is 3.51. The molecule has 5 heteroatoms. The molecule has 0 saturated heterocycles. The summed E-state index contributed by atoms with van der Waals surface area (Å²) in [5, 5.41) is 2.81. The molecule has 0 unspecified atom stereocenters. The molecule has 2 aromatic rings. The van der Waals surface area contributed by atoms with Crippen LogP contribution in [0.5, 0.6) is 0 Å². The Balaban J connectivity index is 2.01. The number of nitrogens with one attached hydrogen (secondary N) is 1. The van der Waals surface area contributed by atoms with E-state index in [1.165, 1.54) is 7.11 Å². The fourth-order valence-corrected chi connectivity index (χ4v) is 2.10. The molecular weight excluding hydrogens is 268 g/mol. The number of carbonyl (C=O) groups excluding carboxylic acids is 2. The smallest absolute Gasteiger partial charge is 0.337 e. The predicted molar refractivity (Wildman–Crippen MR) is 80.3 cm³/mol. The number of anilines is 1. The zero-order chi connectivity index (χ0) is 15.4. The maximum atomic E-state index is 12.0. The highest BCUT2D eigenvalue weighted by atomic mass is 16.5. The van der Waals surface area contributed by atoms with Crippen LogP contribution < -0.4 is 5.32 Å². The van der Waals surface area contributed by atoms with Crippen molar-refractivity contribution in [1.29, 1.82) is 0 Å². The first-order valence-electron chi connectivity index (χ1n) is 6.62. The molecule has 110 valence electrons. The van der Waals surface area contributed by atoms with Crippen molar-refractivity contribution in [3.8, 4) is 0 Å². The highest BCUT2D eigenvalue weighted by Crippen LogP contribution is 2.12. The van der Waals surface area contributed by atoms with Crippen LogP contribution in [0, 0.1) is 13.8 Å². The monoisotopic (exact) mass is 286 g/mol. The Hall–Kier alpha value is -2.56. The zero-order valence-electron chi connectivity index (χ0n) is 12.3. The van der Waals surface area contributed by atoms with Gasteiger partial charge >= 0.3 is 5.97 Å². The molecule has 0 radical (unpaired) electrons. The Morgan fingerprint density at radius 2 is 1.62 bits per heavy atom. The van der Waals surface area contributed by atoms with Gasteiger partial charge in [-0.25, -0.2) is 4.79 Å². The molecule has 0 fully saturated rings. The van der Waals surface area contributed by atoms with Crippen LogP contribution in [-0.2, 0) is 16.1 Å². The molecule has 2 rings (SSSR count). The molecule has 0 aliphatic rings. The fourth-order valence-electron chi connectivity index (χ4n) is 2.10. The van der Waals surface area contributed by atoms with Crippen molar-refractivity contribution in [3.05, 3.63) is 53.3 Å². The number of nitrogens with zero attached hydrogens (tertiary/aromatic N) is 1. The SMILES string of the molecule is COC(=O)c1ccc(NC(=O)Cn2c(C)ccc2C)cc1. The number of ether oxygens (including phenoxy) is 1. The van der Waals surface area contributed by atoms with Gasteiger partial charge in [0.2, 0.25) is 5.91 Å². The van der Waals surface area contributed by atoms with Crippen LogP contribution in [-0.4, -0.2) is 23.6 Å². The lowest BCUT2D eigenvalue weighted by atomic mass is 10.2. The van der Waals surface area contributed by atoms with Gasteiger partial charge in [-0.05, 0) is 50.2 Å². The van der Waals surface area contributed by atoms with Gasteiger partial charge in [0.05, 0.1) is 12.7 Å². The van der Waals surface area contributed by atoms with E-state index in [4.69, 9.17) is 0 Å². The molecule has 21 heavy (non-hydrogen) atoms. The molecule has 1 amide bonds. The number of aryl methyl sites for hydroxylation is 2. The van der Waals surface area contributed by atoms with Crippen LogP contribution in [0.3, 0.4) is 0 Å². The van der Waals surface area contributed by atoms with E-state index in [-0.39, 0.29) is 12.5 Å². The van der Waals surface area contributed by atoms with E-state index in [2.05, 4.69) is 10.1 Å². The number of carbonyl (C=O) groups is 2.